The highest BCUT2D eigenvalue weighted by molar-refractivity contribution is 5.87. The van der Waals surface area contributed by atoms with Crippen LogP contribution in [0.5, 0.6) is 0 Å². The average Bonchev–Trinajstić information content (AvgIpc) is 2.27. The van der Waals surface area contributed by atoms with E-state index in [9.17, 15) is 9.90 Å². The quantitative estimate of drug-likeness (QED) is 0.481. The van der Waals surface area contributed by atoms with Gasteiger partial charge in [0.15, 0.2) is 0 Å². The highest BCUT2D eigenvalue weighted by atomic mass is 16.3. The molecule has 0 saturated heterocycles. The molecule has 0 radical (unpaired) electrons. The van der Waals surface area contributed by atoms with E-state index in [1.54, 1.807) is 6.08 Å². The standard InChI is InChI=1S/C14H27NO2/c1-4-5-6-8-13(16)9-7-10-14(17)15-11-12(2)3/h7,10,12-13,16H,4-6,8-9,11H2,1-3H3,(H,15,17)/b10-7+. The summed E-state index contributed by atoms with van der Waals surface area (Å²) in [6.45, 7) is 6.95. The van der Waals surface area contributed by atoms with Gasteiger partial charge in [0.25, 0.3) is 0 Å². The van der Waals surface area contributed by atoms with Crippen LogP contribution in [-0.4, -0.2) is 23.7 Å². The van der Waals surface area contributed by atoms with Crippen LogP contribution in [0.25, 0.3) is 0 Å². The van der Waals surface area contributed by atoms with E-state index in [1.165, 1.54) is 12.5 Å². The predicted octanol–water partition coefficient (Wildman–Crippen LogP) is 2.65. The Bertz CT molecular complexity index is 224. The van der Waals surface area contributed by atoms with E-state index in [2.05, 4.69) is 26.1 Å². The van der Waals surface area contributed by atoms with Crippen LogP contribution in [0, 0.1) is 5.92 Å². The molecule has 17 heavy (non-hydrogen) atoms. The van der Waals surface area contributed by atoms with Gasteiger partial charge in [-0.1, -0.05) is 46.1 Å². The minimum Gasteiger partial charge on any atom is -0.393 e. The SMILES string of the molecule is CCCCCC(O)C/C=C/C(=O)NCC(C)C. The number of nitrogens with one attached hydrogen (secondary N) is 1. The molecule has 1 unspecified atom stereocenters. The number of unbranched alkanes of at least 4 members (excludes halogenated alkanes) is 2. The maximum absolute atomic E-state index is 11.3. The van der Waals surface area contributed by atoms with E-state index in [-0.39, 0.29) is 12.0 Å². The number of carbonyl (C=O) groups excluding carboxylic acids is 1. The van der Waals surface area contributed by atoms with Gasteiger partial charge in [-0.3, -0.25) is 4.79 Å². The fraction of sp³-hybridized carbons (Fsp3) is 0.786. The van der Waals surface area contributed by atoms with Gasteiger partial charge in [0.05, 0.1) is 6.10 Å². The zero-order chi connectivity index (χ0) is 13.1. The number of aliphatic hydroxyl groups is 1. The normalized spacial score (nSPS) is 13.2. The van der Waals surface area contributed by atoms with Crippen LogP contribution < -0.4 is 5.32 Å². The summed E-state index contributed by atoms with van der Waals surface area (Å²) < 4.78 is 0. The lowest BCUT2D eigenvalue weighted by Gasteiger charge is -2.07. The first-order valence-corrected chi connectivity index (χ1v) is 6.68. The van der Waals surface area contributed by atoms with Crippen LogP contribution in [0.3, 0.4) is 0 Å². The summed E-state index contributed by atoms with van der Waals surface area (Å²) in [7, 11) is 0. The van der Waals surface area contributed by atoms with E-state index in [0.29, 0.717) is 18.9 Å². The molecule has 0 spiro atoms. The van der Waals surface area contributed by atoms with Gasteiger partial charge in [0.2, 0.25) is 5.91 Å². The Morgan fingerprint density at radius 2 is 2.06 bits per heavy atom. The van der Waals surface area contributed by atoms with Crippen molar-refractivity contribution in [2.75, 3.05) is 6.54 Å². The Kier molecular flexibility index (Phi) is 9.83. The monoisotopic (exact) mass is 241 g/mol. The predicted molar refractivity (Wildman–Crippen MR) is 71.8 cm³/mol. The van der Waals surface area contributed by atoms with Crippen molar-refractivity contribution in [1.82, 2.24) is 5.32 Å². The van der Waals surface area contributed by atoms with Gasteiger partial charge in [-0.05, 0) is 24.8 Å². The Morgan fingerprint density at radius 1 is 1.35 bits per heavy atom. The van der Waals surface area contributed by atoms with E-state index in [0.717, 1.165) is 19.3 Å². The highest BCUT2D eigenvalue weighted by Crippen LogP contribution is 2.06. The Morgan fingerprint density at radius 3 is 2.65 bits per heavy atom. The largest absolute Gasteiger partial charge is 0.393 e. The second-order valence-electron chi connectivity index (χ2n) is 4.93. The number of rotatable bonds is 9. The molecule has 0 aliphatic rings. The van der Waals surface area contributed by atoms with E-state index in [4.69, 9.17) is 0 Å². The molecule has 0 rings (SSSR count). The van der Waals surface area contributed by atoms with Gasteiger partial charge in [0.1, 0.15) is 0 Å². The van der Waals surface area contributed by atoms with Gasteiger partial charge in [0, 0.05) is 6.54 Å². The lowest BCUT2D eigenvalue weighted by Crippen LogP contribution is -2.25. The van der Waals surface area contributed by atoms with E-state index < -0.39 is 0 Å². The zero-order valence-corrected chi connectivity index (χ0v) is 11.4. The number of aliphatic hydroxyl groups excluding tert-OH is 1. The third-order valence-electron chi connectivity index (χ3n) is 2.50. The molecular formula is C14H27NO2. The van der Waals surface area contributed by atoms with Crippen molar-refractivity contribution in [3.63, 3.8) is 0 Å². The molecule has 3 nitrogen and oxygen atoms in total. The molecule has 0 saturated carbocycles. The Balaban J connectivity index is 3.60. The van der Waals surface area contributed by atoms with Crippen molar-refractivity contribution >= 4 is 5.91 Å². The number of amides is 1. The molecule has 0 bridgehead atoms. The van der Waals surface area contributed by atoms with Gasteiger partial charge in [-0.2, -0.15) is 0 Å². The van der Waals surface area contributed by atoms with Crippen molar-refractivity contribution in [2.24, 2.45) is 5.92 Å². The summed E-state index contributed by atoms with van der Waals surface area (Å²) in [4.78, 5) is 11.3. The topological polar surface area (TPSA) is 49.3 Å². The molecule has 0 aliphatic heterocycles. The molecule has 0 heterocycles. The first-order chi connectivity index (χ1) is 8.06. The lowest BCUT2D eigenvalue weighted by molar-refractivity contribution is -0.116. The molecule has 1 amide bonds. The van der Waals surface area contributed by atoms with Crippen LogP contribution in [-0.2, 0) is 4.79 Å². The van der Waals surface area contributed by atoms with Crippen molar-refractivity contribution in [3.05, 3.63) is 12.2 Å². The summed E-state index contributed by atoms with van der Waals surface area (Å²) in [6.07, 6.45) is 7.75. The van der Waals surface area contributed by atoms with Crippen molar-refractivity contribution in [3.8, 4) is 0 Å². The first kappa shape index (κ1) is 16.2. The number of hydrogen-bond acceptors (Lipinski definition) is 2. The summed E-state index contributed by atoms with van der Waals surface area (Å²) in [5.74, 6) is 0.395. The highest BCUT2D eigenvalue weighted by Gasteiger charge is 2.01. The number of hydrogen-bond donors (Lipinski definition) is 2. The smallest absolute Gasteiger partial charge is 0.243 e. The van der Waals surface area contributed by atoms with Crippen LogP contribution in [0.2, 0.25) is 0 Å². The van der Waals surface area contributed by atoms with Crippen molar-refractivity contribution in [2.45, 2.75) is 59.0 Å². The van der Waals surface area contributed by atoms with Crippen LogP contribution >= 0.6 is 0 Å². The zero-order valence-electron chi connectivity index (χ0n) is 11.4. The van der Waals surface area contributed by atoms with Crippen LogP contribution in [0.15, 0.2) is 12.2 Å². The summed E-state index contributed by atoms with van der Waals surface area (Å²) in [5, 5.41) is 12.4. The van der Waals surface area contributed by atoms with Gasteiger partial charge >= 0.3 is 0 Å². The summed E-state index contributed by atoms with van der Waals surface area (Å²) in [5.41, 5.74) is 0. The molecule has 2 N–H and O–H groups in total. The average molecular weight is 241 g/mol. The van der Waals surface area contributed by atoms with Crippen molar-refractivity contribution < 1.29 is 9.90 Å². The summed E-state index contributed by atoms with van der Waals surface area (Å²) >= 11 is 0. The van der Waals surface area contributed by atoms with Crippen LogP contribution in [0.1, 0.15) is 52.9 Å². The van der Waals surface area contributed by atoms with Crippen LogP contribution in [0.4, 0.5) is 0 Å². The molecule has 1 atom stereocenters. The number of carbonyl (C=O) groups is 1. The minimum atomic E-state index is -0.310. The fourth-order valence-corrected chi connectivity index (χ4v) is 1.44. The molecule has 0 aromatic rings. The van der Waals surface area contributed by atoms with Gasteiger partial charge in [-0.15, -0.1) is 0 Å². The third kappa shape index (κ3) is 11.4. The first-order valence-electron chi connectivity index (χ1n) is 6.68. The third-order valence-corrected chi connectivity index (χ3v) is 2.50. The molecular weight excluding hydrogens is 214 g/mol. The molecule has 3 heteroatoms. The Hall–Kier alpha value is -0.830. The van der Waals surface area contributed by atoms with E-state index in [1.807, 2.05) is 0 Å². The van der Waals surface area contributed by atoms with E-state index >= 15 is 0 Å². The van der Waals surface area contributed by atoms with Gasteiger partial charge < -0.3 is 10.4 Å². The molecule has 0 aromatic carbocycles. The van der Waals surface area contributed by atoms with Gasteiger partial charge in [-0.25, -0.2) is 0 Å². The minimum absolute atomic E-state index is 0.0699. The molecule has 0 aromatic heterocycles. The lowest BCUT2D eigenvalue weighted by atomic mass is 10.1. The molecule has 0 fully saturated rings. The second kappa shape index (κ2) is 10.3. The summed E-state index contributed by atoms with van der Waals surface area (Å²) in [6, 6.07) is 0. The second-order valence-corrected chi connectivity index (χ2v) is 4.93. The molecule has 0 aliphatic carbocycles. The van der Waals surface area contributed by atoms with Crippen molar-refractivity contribution in [1.29, 1.82) is 0 Å². The Labute approximate surface area is 105 Å². The fourth-order valence-electron chi connectivity index (χ4n) is 1.44. The maximum Gasteiger partial charge on any atom is 0.243 e. The maximum atomic E-state index is 11.3. The molecule has 100 valence electrons.